The Kier molecular flexibility index (Phi) is 6.75. The van der Waals surface area contributed by atoms with Gasteiger partial charge in [0.15, 0.2) is 0 Å². The maximum atomic E-state index is 12.5. The normalized spacial score (nSPS) is 10.5. The van der Waals surface area contributed by atoms with Crippen LogP contribution in [-0.4, -0.2) is 28.0 Å². The zero-order valence-electron chi connectivity index (χ0n) is 15.4. The van der Waals surface area contributed by atoms with Crippen molar-refractivity contribution in [1.82, 2.24) is 15.1 Å². The smallest absolute Gasteiger partial charge is 0.254 e. The number of halogens is 1. The van der Waals surface area contributed by atoms with Gasteiger partial charge in [-0.05, 0) is 42.8 Å². The molecule has 0 radical (unpaired) electrons. The van der Waals surface area contributed by atoms with Gasteiger partial charge in [0.2, 0.25) is 0 Å². The number of nitrogens with zero attached hydrogens (tertiary/aromatic N) is 3. The molecule has 0 bridgehead atoms. The number of rotatable bonds is 7. The van der Waals surface area contributed by atoms with E-state index in [0.29, 0.717) is 22.7 Å². The largest absolute Gasteiger partial charge is 0.351 e. The number of aromatic nitrogens is 2. The number of benzene rings is 2. The molecule has 2 aromatic carbocycles. The van der Waals surface area contributed by atoms with Crippen LogP contribution in [0.5, 0.6) is 0 Å². The van der Waals surface area contributed by atoms with Gasteiger partial charge in [0.25, 0.3) is 5.91 Å². The van der Waals surface area contributed by atoms with E-state index in [9.17, 15) is 4.79 Å². The van der Waals surface area contributed by atoms with Crippen LogP contribution in [0.25, 0.3) is 5.69 Å². The summed E-state index contributed by atoms with van der Waals surface area (Å²) in [6, 6.07) is 17.1. The van der Waals surface area contributed by atoms with Crippen LogP contribution >= 0.6 is 23.4 Å². The summed E-state index contributed by atoms with van der Waals surface area (Å²) < 4.78 is 1.72. The van der Waals surface area contributed by atoms with E-state index in [0.717, 1.165) is 28.5 Å². The second-order valence-corrected chi connectivity index (χ2v) is 7.65. The molecule has 0 fully saturated rings. The van der Waals surface area contributed by atoms with Gasteiger partial charge in [-0.15, -0.1) is 0 Å². The van der Waals surface area contributed by atoms with Gasteiger partial charge in [-0.2, -0.15) is 22.1 Å². The SMILES string of the molecule is Cc1c(C(=O)NCCSCc2ccccc2C#N)cnn1-c1ccc(Cl)cc1. The molecular weight excluding hydrogens is 392 g/mol. The highest BCUT2D eigenvalue weighted by Gasteiger charge is 2.14. The molecule has 1 heterocycles. The molecule has 0 saturated heterocycles. The summed E-state index contributed by atoms with van der Waals surface area (Å²) in [6.07, 6.45) is 1.58. The maximum Gasteiger partial charge on any atom is 0.254 e. The van der Waals surface area contributed by atoms with Gasteiger partial charge in [-0.1, -0.05) is 29.8 Å². The number of hydrogen-bond donors (Lipinski definition) is 1. The molecule has 0 unspecified atom stereocenters. The second-order valence-electron chi connectivity index (χ2n) is 6.11. The summed E-state index contributed by atoms with van der Waals surface area (Å²) in [6.45, 7) is 2.41. The number of nitriles is 1. The van der Waals surface area contributed by atoms with Crippen LogP contribution in [0.3, 0.4) is 0 Å². The molecule has 0 aliphatic rings. The van der Waals surface area contributed by atoms with E-state index in [1.165, 1.54) is 0 Å². The number of amides is 1. The minimum Gasteiger partial charge on any atom is -0.351 e. The molecule has 1 aromatic heterocycles. The zero-order valence-corrected chi connectivity index (χ0v) is 16.9. The first-order valence-electron chi connectivity index (χ1n) is 8.74. The van der Waals surface area contributed by atoms with E-state index in [-0.39, 0.29) is 5.91 Å². The van der Waals surface area contributed by atoms with Gasteiger partial charge in [0.1, 0.15) is 0 Å². The van der Waals surface area contributed by atoms with Crippen LogP contribution < -0.4 is 5.32 Å². The highest BCUT2D eigenvalue weighted by Crippen LogP contribution is 2.18. The topological polar surface area (TPSA) is 70.7 Å². The lowest BCUT2D eigenvalue weighted by atomic mass is 10.1. The molecule has 0 aliphatic heterocycles. The summed E-state index contributed by atoms with van der Waals surface area (Å²) >= 11 is 7.60. The van der Waals surface area contributed by atoms with Crippen molar-refractivity contribution in [3.05, 3.63) is 82.1 Å². The molecule has 0 saturated carbocycles. The first kappa shape index (κ1) is 20.0. The average Bonchev–Trinajstić information content (AvgIpc) is 3.10. The molecule has 7 heteroatoms. The number of carbonyl (C=O) groups is 1. The minimum atomic E-state index is -0.143. The van der Waals surface area contributed by atoms with Crippen molar-refractivity contribution in [3.8, 4) is 11.8 Å². The summed E-state index contributed by atoms with van der Waals surface area (Å²) in [7, 11) is 0. The molecule has 1 amide bonds. The Hall–Kier alpha value is -2.75. The molecule has 5 nitrogen and oxygen atoms in total. The predicted molar refractivity (Wildman–Crippen MR) is 113 cm³/mol. The van der Waals surface area contributed by atoms with Gasteiger partial charge in [0.05, 0.1) is 34.8 Å². The first-order chi connectivity index (χ1) is 13.6. The highest BCUT2D eigenvalue weighted by molar-refractivity contribution is 7.98. The fourth-order valence-corrected chi connectivity index (χ4v) is 3.73. The average molecular weight is 411 g/mol. The third-order valence-corrected chi connectivity index (χ3v) is 5.51. The van der Waals surface area contributed by atoms with Crippen LogP contribution in [0.2, 0.25) is 5.02 Å². The quantitative estimate of drug-likeness (QED) is 0.587. The molecule has 0 aliphatic carbocycles. The molecule has 3 rings (SSSR count). The highest BCUT2D eigenvalue weighted by atomic mass is 35.5. The number of carbonyl (C=O) groups excluding carboxylic acids is 1. The maximum absolute atomic E-state index is 12.5. The number of hydrogen-bond acceptors (Lipinski definition) is 4. The van der Waals surface area contributed by atoms with Crippen LogP contribution in [0, 0.1) is 18.3 Å². The second kappa shape index (κ2) is 9.45. The van der Waals surface area contributed by atoms with Crippen LogP contribution in [-0.2, 0) is 5.75 Å². The van der Waals surface area contributed by atoms with Gasteiger partial charge in [0, 0.05) is 23.1 Å². The van der Waals surface area contributed by atoms with E-state index in [2.05, 4.69) is 16.5 Å². The standard InChI is InChI=1S/C21H19ClN4OS/c1-15-20(13-25-26(15)19-8-6-18(22)7-9-19)21(27)24-10-11-28-14-17-5-3-2-4-16(17)12-23/h2-9,13H,10-11,14H2,1H3,(H,24,27). The fourth-order valence-electron chi connectivity index (χ4n) is 2.74. The number of thioether (sulfide) groups is 1. The Morgan fingerprint density at radius 3 is 2.75 bits per heavy atom. The lowest BCUT2D eigenvalue weighted by Gasteiger charge is -2.07. The third kappa shape index (κ3) is 4.75. The van der Waals surface area contributed by atoms with Crippen molar-refractivity contribution < 1.29 is 4.79 Å². The van der Waals surface area contributed by atoms with Gasteiger partial charge < -0.3 is 5.32 Å². The van der Waals surface area contributed by atoms with Crippen LogP contribution in [0.15, 0.2) is 54.7 Å². The summed E-state index contributed by atoms with van der Waals surface area (Å²) in [5, 5.41) is 17.0. The van der Waals surface area contributed by atoms with Crippen molar-refractivity contribution in [3.63, 3.8) is 0 Å². The molecule has 1 N–H and O–H groups in total. The number of nitrogens with one attached hydrogen (secondary N) is 1. The lowest BCUT2D eigenvalue weighted by Crippen LogP contribution is -2.26. The molecule has 142 valence electrons. The van der Waals surface area contributed by atoms with E-state index < -0.39 is 0 Å². The Morgan fingerprint density at radius 1 is 1.25 bits per heavy atom. The van der Waals surface area contributed by atoms with Crippen LogP contribution in [0.4, 0.5) is 0 Å². The van der Waals surface area contributed by atoms with Gasteiger partial charge in [-0.25, -0.2) is 4.68 Å². The van der Waals surface area contributed by atoms with E-state index in [1.807, 2.05) is 43.3 Å². The summed E-state index contributed by atoms with van der Waals surface area (Å²) in [5.41, 5.74) is 3.89. The molecular formula is C21H19ClN4OS. The monoisotopic (exact) mass is 410 g/mol. The van der Waals surface area contributed by atoms with Crippen LogP contribution in [0.1, 0.15) is 27.2 Å². The van der Waals surface area contributed by atoms with Crippen molar-refractivity contribution >= 4 is 29.3 Å². The summed E-state index contributed by atoms with van der Waals surface area (Å²) in [5.74, 6) is 1.36. The van der Waals surface area contributed by atoms with Crippen molar-refractivity contribution in [2.45, 2.75) is 12.7 Å². The Labute approximate surface area is 173 Å². The minimum absolute atomic E-state index is 0.143. The van der Waals surface area contributed by atoms with Gasteiger partial charge >= 0.3 is 0 Å². The van der Waals surface area contributed by atoms with Crippen molar-refractivity contribution in [2.75, 3.05) is 12.3 Å². The zero-order chi connectivity index (χ0) is 19.9. The molecule has 3 aromatic rings. The molecule has 0 atom stereocenters. The van der Waals surface area contributed by atoms with Gasteiger partial charge in [-0.3, -0.25) is 4.79 Å². The molecule has 0 spiro atoms. The van der Waals surface area contributed by atoms with Crippen molar-refractivity contribution in [2.24, 2.45) is 0 Å². The Bertz CT molecular complexity index is 1010. The van der Waals surface area contributed by atoms with E-state index >= 15 is 0 Å². The van der Waals surface area contributed by atoms with E-state index in [1.54, 1.807) is 34.8 Å². The fraction of sp³-hybridized carbons (Fsp3) is 0.190. The molecule has 28 heavy (non-hydrogen) atoms. The van der Waals surface area contributed by atoms with E-state index in [4.69, 9.17) is 16.9 Å². The Balaban J connectivity index is 1.52. The third-order valence-electron chi connectivity index (χ3n) is 4.25. The first-order valence-corrected chi connectivity index (χ1v) is 10.3. The lowest BCUT2D eigenvalue weighted by molar-refractivity contribution is 0.0955. The summed E-state index contributed by atoms with van der Waals surface area (Å²) in [4.78, 5) is 12.5. The Morgan fingerprint density at radius 2 is 2.00 bits per heavy atom. The predicted octanol–water partition coefficient (Wildman–Crippen LogP) is 4.37. The van der Waals surface area contributed by atoms with Crippen molar-refractivity contribution in [1.29, 1.82) is 5.26 Å².